The third-order valence-electron chi connectivity index (χ3n) is 3.77. The lowest BCUT2D eigenvalue weighted by atomic mass is 10.0. The molecule has 0 aromatic carbocycles. The molecular weight excluding hydrogens is 188 g/mol. The van der Waals surface area contributed by atoms with Crippen LogP contribution in [0.1, 0.15) is 39.5 Å². The Morgan fingerprint density at radius 2 is 1.67 bits per heavy atom. The van der Waals surface area contributed by atoms with Crippen LogP contribution < -0.4 is 11.1 Å². The van der Waals surface area contributed by atoms with Crippen LogP contribution in [0.5, 0.6) is 0 Å². The number of carbonyl (C=O) groups excluding carboxylic acids is 1. The van der Waals surface area contributed by atoms with Crippen molar-refractivity contribution in [1.29, 1.82) is 0 Å². The van der Waals surface area contributed by atoms with Gasteiger partial charge in [-0.25, -0.2) is 0 Å². The third-order valence-corrected chi connectivity index (χ3v) is 3.77. The molecular formula is C12H22N2O. The molecule has 0 spiro atoms. The lowest BCUT2D eigenvalue weighted by Gasteiger charge is -2.22. The maximum Gasteiger partial charge on any atom is 0.224 e. The number of amides is 1. The summed E-state index contributed by atoms with van der Waals surface area (Å²) in [6.07, 6.45) is 5.20. The largest absolute Gasteiger partial charge is 0.353 e. The van der Waals surface area contributed by atoms with E-state index in [9.17, 15) is 4.79 Å². The van der Waals surface area contributed by atoms with Crippen LogP contribution in [0.15, 0.2) is 0 Å². The van der Waals surface area contributed by atoms with Crippen LogP contribution in [0.4, 0.5) is 0 Å². The van der Waals surface area contributed by atoms with E-state index < -0.39 is 0 Å². The predicted octanol–water partition coefficient (Wildman–Crippen LogP) is 1.27. The monoisotopic (exact) mass is 210 g/mol. The minimum absolute atomic E-state index is 0.0518. The van der Waals surface area contributed by atoms with Gasteiger partial charge in [-0.1, -0.05) is 6.92 Å². The quantitative estimate of drug-likeness (QED) is 0.718. The molecule has 0 aliphatic heterocycles. The van der Waals surface area contributed by atoms with Gasteiger partial charge in [-0.05, 0) is 44.4 Å². The van der Waals surface area contributed by atoms with Gasteiger partial charge in [0.1, 0.15) is 0 Å². The van der Waals surface area contributed by atoms with Gasteiger partial charge < -0.3 is 11.1 Å². The first-order valence-corrected chi connectivity index (χ1v) is 6.15. The van der Waals surface area contributed by atoms with Crippen LogP contribution >= 0.6 is 0 Å². The number of nitrogens with two attached hydrogens (primary N) is 1. The Kier molecular flexibility index (Phi) is 3.01. The average Bonchev–Trinajstić information content (AvgIpc) is 3.03. The Morgan fingerprint density at radius 3 is 2.00 bits per heavy atom. The molecule has 3 N–H and O–H groups in total. The van der Waals surface area contributed by atoms with Crippen molar-refractivity contribution in [2.45, 2.75) is 51.6 Å². The summed E-state index contributed by atoms with van der Waals surface area (Å²) >= 11 is 0. The van der Waals surface area contributed by atoms with Gasteiger partial charge in [0.2, 0.25) is 5.91 Å². The van der Waals surface area contributed by atoms with Crippen molar-refractivity contribution >= 4 is 5.91 Å². The minimum atomic E-state index is -0.0648. The maximum atomic E-state index is 11.9. The molecule has 0 heterocycles. The minimum Gasteiger partial charge on any atom is -0.353 e. The first-order valence-electron chi connectivity index (χ1n) is 6.15. The molecule has 0 aromatic rings. The molecule has 2 atom stereocenters. The molecule has 2 aliphatic rings. The zero-order valence-corrected chi connectivity index (χ0v) is 9.70. The molecule has 86 valence electrons. The highest BCUT2D eigenvalue weighted by molar-refractivity contribution is 5.79. The van der Waals surface area contributed by atoms with Crippen LogP contribution in [-0.2, 0) is 4.79 Å². The second-order valence-electron chi connectivity index (χ2n) is 5.36. The molecule has 2 aliphatic carbocycles. The van der Waals surface area contributed by atoms with E-state index in [4.69, 9.17) is 5.73 Å². The molecule has 3 nitrogen and oxygen atoms in total. The van der Waals surface area contributed by atoms with E-state index >= 15 is 0 Å². The highest BCUT2D eigenvalue weighted by atomic mass is 16.2. The van der Waals surface area contributed by atoms with Gasteiger partial charge in [-0.3, -0.25) is 4.79 Å². The molecule has 0 saturated heterocycles. The van der Waals surface area contributed by atoms with Crippen LogP contribution in [0, 0.1) is 17.8 Å². The SMILES string of the molecule is CC(N)C(C)C(=O)NC(C1CC1)C1CC1. The first kappa shape index (κ1) is 10.9. The molecule has 0 aromatic heterocycles. The molecule has 2 unspecified atom stereocenters. The highest BCUT2D eigenvalue weighted by Gasteiger charge is 2.42. The predicted molar refractivity (Wildman–Crippen MR) is 60.2 cm³/mol. The van der Waals surface area contributed by atoms with E-state index in [0.717, 1.165) is 11.8 Å². The Bertz CT molecular complexity index is 232. The molecule has 2 rings (SSSR count). The van der Waals surface area contributed by atoms with E-state index in [1.165, 1.54) is 25.7 Å². The third kappa shape index (κ3) is 2.71. The Morgan fingerprint density at radius 1 is 1.20 bits per heavy atom. The number of rotatable bonds is 5. The van der Waals surface area contributed by atoms with E-state index in [1.54, 1.807) is 0 Å². The van der Waals surface area contributed by atoms with E-state index in [1.807, 2.05) is 13.8 Å². The standard InChI is InChI=1S/C12H22N2O/c1-7(8(2)13)12(15)14-11(9-3-4-9)10-5-6-10/h7-11H,3-6,13H2,1-2H3,(H,14,15). The lowest BCUT2D eigenvalue weighted by Crippen LogP contribution is -2.45. The zero-order valence-electron chi connectivity index (χ0n) is 9.70. The summed E-state index contributed by atoms with van der Waals surface area (Å²) in [7, 11) is 0. The van der Waals surface area contributed by atoms with Gasteiger partial charge >= 0.3 is 0 Å². The van der Waals surface area contributed by atoms with Crippen molar-refractivity contribution in [3.8, 4) is 0 Å². The molecule has 15 heavy (non-hydrogen) atoms. The van der Waals surface area contributed by atoms with E-state index in [-0.39, 0.29) is 17.9 Å². The van der Waals surface area contributed by atoms with Crippen molar-refractivity contribution in [3.05, 3.63) is 0 Å². The summed E-state index contributed by atoms with van der Waals surface area (Å²) in [5.74, 6) is 1.61. The topological polar surface area (TPSA) is 55.1 Å². The summed E-state index contributed by atoms with van der Waals surface area (Å²) in [6, 6.07) is 0.405. The van der Waals surface area contributed by atoms with Crippen LogP contribution in [-0.4, -0.2) is 18.0 Å². The molecule has 2 saturated carbocycles. The van der Waals surface area contributed by atoms with Crippen LogP contribution in [0.25, 0.3) is 0 Å². The van der Waals surface area contributed by atoms with Gasteiger partial charge in [0.05, 0.1) is 0 Å². The Hall–Kier alpha value is -0.570. The Balaban J connectivity index is 1.85. The number of carbonyl (C=O) groups is 1. The number of hydrogen-bond acceptors (Lipinski definition) is 2. The summed E-state index contributed by atoms with van der Waals surface area (Å²) in [5.41, 5.74) is 5.74. The van der Waals surface area contributed by atoms with Gasteiger partial charge in [0.25, 0.3) is 0 Å². The second kappa shape index (κ2) is 4.12. The summed E-state index contributed by atoms with van der Waals surface area (Å²) in [4.78, 5) is 11.9. The first-order chi connectivity index (χ1) is 7.09. The zero-order chi connectivity index (χ0) is 11.0. The van der Waals surface area contributed by atoms with Crippen molar-refractivity contribution < 1.29 is 4.79 Å². The number of nitrogens with one attached hydrogen (secondary N) is 1. The summed E-state index contributed by atoms with van der Waals surface area (Å²) in [6.45, 7) is 3.81. The summed E-state index contributed by atoms with van der Waals surface area (Å²) < 4.78 is 0. The smallest absolute Gasteiger partial charge is 0.224 e. The van der Waals surface area contributed by atoms with Gasteiger partial charge in [-0.2, -0.15) is 0 Å². The van der Waals surface area contributed by atoms with Crippen molar-refractivity contribution in [2.24, 2.45) is 23.5 Å². The maximum absolute atomic E-state index is 11.9. The fourth-order valence-electron chi connectivity index (χ4n) is 2.07. The van der Waals surface area contributed by atoms with Gasteiger partial charge in [0, 0.05) is 18.0 Å². The normalized spacial score (nSPS) is 25.1. The highest BCUT2D eigenvalue weighted by Crippen LogP contribution is 2.44. The summed E-state index contributed by atoms with van der Waals surface area (Å²) in [5, 5.41) is 3.20. The van der Waals surface area contributed by atoms with Crippen molar-refractivity contribution in [2.75, 3.05) is 0 Å². The number of hydrogen-bond donors (Lipinski definition) is 2. The fraction of sp³-hybridized carbons (Fsp3) is 0.917. The van der Waals surface area contributed by atoms with Crippen molar-refractivity contribution in [1.82, 2.24) is 5.32 Å². The molecule has 2 fully saturated rings. The lowest BCUT2D eigenvalue weighted by molar-refractivity contribution is -0.126. The average molecular weight is 210 g/mol. The Labute approximate surface area is 91.8 Å². The van der Waals surface area contributed by atoms with E-state index in [0.29, 0.717) is 6.04 Å². The molecule has 0 bridgehead atoms. The van der Waals surface area contributed by atoms with Gasteiger partial charge in [-0.15, -0.1) is 0 Å². The van der Waals surface area contributed by atoms with Crippen LogP contribution in [0.3, 0.4) is 0 Å². The molecule has 3 heteroatoms. The van der Waals surface area contributed by atoms with Crippen molar-refractivity contribution in [3.63, 3.8) is 0 Å². The second-order valence-corrected chi connectivity index (χ2v) is 5.36. The van der Waals surface area contributed by atoms with E-state index in [2.05, 4.69) is 5.32 Å². The van der Waals surface area contributed by atoms with Crippen LogP contribution in [0.2, 0.25) is 0 Å². The molecule has 0 radical (unpaired) electrons. The fourth-order valence-corrected chi connectivity index (χ4v) is 2.07. The molecule has 1 amide bonds. The van der Waals surface area contributed by atoms with Gasteiger partial charge in [0.15, 0.2) is 0 Å².